The van der Waals surface area contributed by atoms with Crippen molar-refractivity contribution in [3.8, 4) is 5.69 Å². The molecule has 3 heterocycles. The van der Waals surface area contributed by atoms with E-state index in [1.165, 1.54) is 7.11 Å². The van der Waals surface area contributed by atoms with Crippen LogP contribution in [0.4, 0.5) is 0 Å². The third-order valence-electron chi connectivity index (χ3n) is 5.88. The van der Waals surface area contributed by atoms with Crippen LogP contribution >= 0.6 is 12.2 Å². The zero-order valence-corrected chi connectivity index (χ0v) is 19.1. The lowest BCUT2D eigenvalue weighted by Crippen LogP contribution is -2.32. The molecule has 32 heavy (non-hydrogen) atoms. The molecule has 3 aromatic rings. The van der Waals surface area contributed by atoms with Crippen LogP contribution < -0.4 is 5.32 Å². The molecule has 2 aromatic heterocycles. The number of aromatic nitrogens is 2. The minimum atomic E-state index is -0.383. The Bertz CT molecular complexity index is 1150. The maximum atomic E-state index is 12.4. The van der Waals surface area contributed by atoms with E-state index < -0.39 is 0 Å². The fraction of sp³-hybridized carbons (Fsp3) is 0.292. The average molecular weight is 451 g/mol. The number of aryl methyl sites for hydroxylation is 1. The molecule has 1 fully saturated rings. The SMILES string of the molecule is COC(=O)c1ccccc1-n1c(C)cc([C@@H]2[C@@H](c3ccccn3)NC(=S)N2CCO)c1C. The van der Waals surface area contributed by atoms with Crippen molar-refractivity contribution in [1.82, 2.24) is 19.8 Å². The third-order valence-corrected chi connectivity index (χ3v) is 6.23. The lowest BCUT2D eigenvalue weighted by atomic mass is 9.97. The van der Waals surface area contributed by atoms with Crippen molar-refractivity contribution in [2.24, 2.45) is 0 Å². The second kappa shape index (κ2) is 9.10. The minimum Gasteiger partial charge on any atom is -0.465 e. The Morgan fingerprint density at radius 3 is 2.66 bits per heavy atom. The van der Waals surface area contributed by atoms with E-state index in [0.29, 0.717) is 17.2 Å². The first kappa shape index (κ1) is 22.0. The van der Waals surface area contributed by atoms with Gasteiger partial charge < -0.3 is 24.6 Å². The summed E-state index contributed by atoms with van der Waals surface area (Å²) in [6, 6.07) is 15.0. The summed E-state index contributed by atoms with van der Waals surface area (Å²) in [6.45, 7) is 4.43. The number of methoxy groups -OCH3 is 1. The molecule has 8 heteroatoms. The zero-order chi connectivity index (χ0) is 22.8. The summed E-state index contributed by atoms with van der Waals surface area (Å²) in [5, 5.41) is 13.7. The van der Waals surface area contributed by atoms with Crippen molar-refractivity contribution in [2.45, 2.75) is 25.9 Å². The van der Waals surface area contributed by atoms with Gasteiger partial charge in [0.2, 0.25) is 0 Å². The van der Waals surface area contributed by atoms with Gasteiger partial charge in [-0.15, -0.1) is 0 Å². The van der Waals surface area contributed by atoms with Crippen molar-refractivity contribution in [3.63, 3.8) is 0 Å². The van der Waals surface area contributed by atoms with E-state index in [9.17, 15) is 9.90 Å². The number of rotatable bonds is 6. The van der Waals surface area contributed by atoms with E-state index in [-0.39, 0.29) is 24.7 Å². The predicted octanol–water partition coefficient (Wildman–Crippen LogP) is 3.24. The maximum Gasteiger partial charge on any atom is 0.339 e. The van der Waals surface area contributed by atoms with E-state index in [2.05, 4.69) is 20.9 Å². The van der Waals surface area contributed by atoms with Gasteiger partial charge in [0.1, 0.15) is 0 Å². The lowest BCUT2D eigenvalue weighted by molar-refractivity contribution is 0.0600. The fourth-order valence-electron chi connectivity index (χ4n) is 4.50. The minimum absolute atomic E-state index is 0.0167. The van der Waals surface area contributed by atoms with Crippen LogP contribution in [0.3, 0.4) is 0 Å². The van der Waals surface area contributed by atoms with Gasteiger partial charge in [0.25, 0.3) is 0 Å². The first-order valence-corrected chi connectivity index (χ1v) is 10.8. The molecule has 7 nitrogen and oxygen atoms in total. The number of ether oxygens (including phenoxy) is 1. The number of aliphatic hydroxyl groups excluding tert-OH is 1. The second-order valence-corrected chi connectivity index (χ2v) is 8.10. The summed E-state index contributed by atoms with van der Waals surface area (Å²) in [5.41, 5.74) is 5.16. The number of benzene rings is 1. The zero-order valence-electron chi connectivity index (χ0n) is 18.3. The van der Waals surface area contributed by atoms with E-state index in [0.717, 1.165) is 28.3 Å². The lowest BCUT2D eigenvalue weighted by Gasteiger charge is -2.27. The Balaban J connectivity index is 1.86. The Morgan fingerprint density at radius 2 is 1.97 bits per heavy atom. The number of hydrogen-bond acceptors (Lipinski definition) is 5. The topological polar surface area (TPSA) is 79.6 Å². The van der Waals surface area contributed by atoms with Gasteiger partial charge >= 0.3 is 5.97 Å². The van der Waals surface area contributed by atoms with Crippen molar-refractivity contribution in [3.05, 3.63) is 82.9 Å². The fourth-order valence-corrected chi connectivity index (χ4v) is 4.83. The first-order chi connectivity index (χ1) is 15.5. The van der Waals surface area contributed by atoms with Crippen LogP contribution in [0.5, 0.6) is 0 Å². The number of carbonyl (C=O) groups is 1. The molecule has 0 bridgehead atoms. The summed E-state index contributed by atoms with van der Waals surface area (Å²) in [7, 11) is 1.38. The number of thiocarbonyl (C=S) groups is 1. The number of nitrogens with zero attached hydrogens (tertiary/aromatic N) is 3. The van der Waals surface area contributed by atoms with Gasteiger partial charge in [-0.1, -0.05) is 18.2 Å². The summed E-state index contributed by atoms with van der Waals surface area (Å²) in [4.78, 5) is 19.0. The van der Waals surface area contributed by atoms with Gasteiger partial charge in [-0.3, -0.25) is 4.98 Å². The summed E-state index contributed by atoms with van der Waals surface area (Å²) in [5.74, 6) is -0.383. The Kier molecular flexibility index (Phi) is 6.25. The molecule has 1 aromatic carbocycles. The summed E-state index contributed by atoms with van der Waals surface area (Å²) < 4.78 is 7.06. The van der Waals surface area contributed by atoms with Crippen LogP contribution in [0.25, 0.3) is 5.69 Å². The molecule has 0 radical (unpaired) electrons. The molecule has 2 N–H and O–H groups in total. The van der Waals surface area contributed by atoms with Gasteiger partial charge in [0.05, 0.1) is 42.7 Å². The number of pyridine rings is 1. The first-order valence-electron chi connectivity index (χ1n) is 10.4. The molecule has 1 saturated heterocycles. The van der Waals surface area contributed by atoms with E-state index in [4.69, 9.17) is 17.0 Å². The third kappa shape index (κ3) is 3.76. The molecule has 0 unspecified atom stereocenters. The number of esters is 1. The Morgan fingerprint density at radius 1 is 1.22 bits per heavy atom. The molecule has 0 saturated carbocycles. The van der Waals surface area contributed by atoms with Gasteiger partial charge in [0.15, 0.2) is 5.11 Å². The normalized spacial score (nSPS) is 18.0. The highest BCUT2D eigenvalue weighted by Crippen LogP contribution is 2.41. The number of nitrogens with one attached hydrogen (secondary N) is 1. The van der Waals surface area contributed by atoms with E-state index >= 15 is 0 Å². The quantitative estimate of drug-likeness (QED) is 0.441. The smallest absolute Gasteiger partial charge is 0.339 e. The maximum absolute atomic E-state index is 12.4. The van der Waals surface area contributed by atoms with Crippen molar-refractivity contribution in [2.75, 3.05) is 20.3 Å². The molecule has 2 atom stereocenters. The highest BCUT2D eigenvalue weighted by Gasteiger charge is 2.41. The number of β-amino-alcohol motifs (C(OH)–C–C–N with tert-alkyl or cyclic N) is 1. The molecule has 0 spiro atoms. The van der Waals surface area contributed by atoms with Crippen LogP contribution in [-0.4, -0.2) is 50.9 Å². The van der Waals surface area contributed by atoms with Crippen molar-refractivity contribution in [1.29, 1.82) is 0 Å². The van der Waals surface area contributed by atoms with Gasteiger partial charge in [-0.05, 0) is 62.0 Å². The molecule has 0 aliphatic carbocycles. The molecule has 0 amide bonds. The number of para-hydroxylation sites is 1. The summed E-state index contributed by atoms with van der Waals surface area (Å²) in [6.07, 6.45) is 1.77. The number of aliphatic hydroxyl groups is 1. The van der Waals surface area contributed by atoms with Crippen molar-refractivity contribution < 1.29 is 14.6 Å². The monoisotopic (exact) mass is 450 g/mol. The van der Waals surface area contributed by atoms with Gasteiger partial charge in [-0.2, -0.15) is 0 Å². The van der Waals surface area contributed by atoms with Crippen LogP contribution in [0, 0.1) is 13.8 Å². The highest BCUT2D eigenvalue weighted by atomic mass is 32.1. The number of carbonyl (C=O) groups excluding carboxylic acids is 1. The van der Waals surface area contributed by atoms with Gasteiger partial charge in [-0.25, -0.2) is 4.79 Å². The van der Waals surface area contributed by atoms with Crippen LogP contribution in [0.1, 0.15) is 45.1 Å². The predicted molar refractivity (Wildman–Crippen MR) is 126 cm³/mol. The van der Waals surface area contributed by atoms with Crippen LogP contribution in [0.15, 0.2) is 54.7 Å². The van der Waals surface area contributed by atoms with Crippen LogP contribution in [-0.2, 0) is 4.74 Å². The standard InChI is InChI=1S/C24H26N4O3S/c1-15-14-18(16(2)28(15)20-10-5-4-8-17(20)23(30)31-3)22-21(19-9-6-7-11-25-19)26-24(32)27(22)12-13-29/h4-11,14,21-22,29H,12-13H2,1-3H3,(H,26,32)/t21-,22-/m1/s1. The number of hydrogen-bond donors (Lipinski definition) is 2. The largest absolute Gasteiger partial charge is 0.465 e. The average Bonchev–Trinajstić information content (AvgIpc) is 3.29. The van der Waals surface area contributed by atoms with Crippen LogP contribution in [0.2, 0.25) is 0 Å². The Labute approximate surface area is 192 Å². The molecular weight excluding hydrogens is 424 g/mol. The van der Waals surface area contributed by atoms with E-state index in [1.54, 1.807) is 12.3 Å². The molecular formula is C24H26N4O3S. The van der Waals surface area contributed by atoms with E-state index in [1.807, 2.05) is 55.1 Å². The summed E-state index contributed by atoms with van der Waals surface area (Å²) >= 11 is 5.62. The Hall–Kier alpha value is -3.23. The van der Waals surface area contributed by atoms with Crippen molar-refractivity contribution >= 4 is 23.3 Å². The highest BCUT2D eigenvalue weighted by molar-refractivity contribution is 7.80. The molecule has 1 aliphatic heterocycles. The molecule has 4 rings (SSSR count). The molecule has 166 valence electrons. The second-order valence-electron chi connectivity index (χ2n) is 7.71. The van der Waals surface area contributed by atoms with Gasteiger partial charge in [0, 0.05) is 24.1 Å². The molecule has 1 aliphatic rings.